The van der Waals surface area contributed by atoms with Gasteiger partial charge in [-0.1, -0.05) is 45.7 Å². The van der Waals surface area contributed by atoms with Crippen LogP contribution < -0.4 is 4.72 Å². The molecule has 5 heteroatoms. The molecule has 0 atom stereocenters. The number of benzene rings is 1. The summed E-state index contributed by atoms with van der Waals surface area (Å²) in [5.74, 6) is 0.227. The molecule has 144 valence electrons. The smallest absolute Gasteiger partial charge is 0.162 e. The van der Waals surface area contributed by atoms with E-state index in [0.29, 0.717) is 18.5 Å². The lowest BCUT2D eigenvalue weighted by Gasteiger charge is -2.29. The summed E-state index contributed by atoms with van der Waals surface area (Å²) in [6.45, 7) is 8.65. The molecule has 3 nitrogen and oxygen atoms in total. The molecule has 0 unspecified atom stereocenters. The van der Waals surface area contributed by atoms with Gasteiger partial charge in [-0.15, -0.1) is 11.3 Å². The highest BCUT2D eigenvalue weighted by Gasteiger charge is 2.32. The van der Waals surface area contributed by atoms with Crippen molar-refractivity contribution >= 4 is 35.7 Å². The molecule has 2 aromatic rings. The van der Waals surface area contributed by atoms with E-state index in [0.717, 1.165) is 40.8 Å². The molecule has 1 aromatic heterocycles. The van der Waals surface area contributed by atoms with E-state index in [1.807, 2.05) is 25.1 Å². The predicted octanol–water partition coefficient (Wildman–Crippen LogP) is 5.66. The number of thiophene rings is 1. The minimum absolute atomic E-state index is 0.109. The summed E-state index contributed by atoms with van der Waals surface area (Å²) in [5.41, 5.74) is 5.03. The molecule has 0 radical (unpaired) electrons. The van der Waals surface area contributed by atoms with Gasteiger partial charge in [-0.3, -0.25) is 14.3 Å². The minimum Gasteiger partial charge on any atom is -0.294 e. The van der Waals surface area contributed by atoms with Crippen molar-refractivity contribution < 1.29 is 9.59 Å². The molecule has 0 saturated carbocycles. The molecule has 0 saturated heterocycles. The third-order valence-electron chi connectivity index (χ3n) is 5.39. The zero-order valence-electron chi connectivity index (χ0n) is 16.4. The van der Waals surface area contributed by atoms with Crippen molar-refractivity contribution in [1.29, 1.82) is 0 Å². The van der Waals surface area contributed by atoms with Crippen LogP contribution in [-0.4, -0.2) is 11.6 Å². The normalized spacial score (nSPS) is 15.4. The van der Waals surface area contributed by atoms with E-state index < -0.39 is 0 Å². The number of fused-ring (bicyclic) bond motifs is 1. The van der Waals surface area contributed by atoms with Gasteiger partial charge in [0.2, 0.25) is 0 Å². The second-order valence-corrected chi connectivity index (χ2v) is 9.51. The van der Waals surface area contributed by atoms with Crippen LogP contribution in [-0.2, 0) is 19.4 Å². The third kappa shape index (κ3) is 4.05. The van der Waals surface area contributed by atoms with Gasteiger partial charge in [0.05, 0.1) is 0 Å². The molecule has 1 N–H and O–H groups in total. The Morgan fingerprint density at radius 1 is 1.30 bits per heavy atom. The zero-order chi connectivity index (χ0) is 19.8. The first kappa shape index (κ1) is 20.3. The average Bonchev–Trinajstić information content (AvgIpc) is 2.99. The molecule has 27 heavy (non-hydrogen) atoms. The maximum absolute atomic E-state index is 12.6. The number of ketones is 2. The van der Waals surface area contributed by atoms with E-state index in [4.69, 9.17) is 0 Å². The van der Waals surface area contributed by atoms with Crippen LogP contribution in [0.15, 0.2) is 18.2 Å². The first-order valence-corrected chi connectivity index (χ1v) is 10.7. The van der Waals surface area contributed by atoms with Crippen LogP contribution in [0.3, 0.4) is 0 Å². The number of nitrogens with one attached hydrogen (secondary N) is 1. The predicted molar refractivity (Wildman–Crippen MR) is 116 cm³/mol. The van der Waals surface area contributed by atoms with Gasteiger partial charge >= 0.3 is 0 Å². The van der Waals surface area contributed by atoms with Gasteiger partial charge in [0, 0.05) is 33.8 Å². The van der Waals surface area contributed by atoms with E-state index in [2.05, 4.69) is 31.4 Å². The highest BCUT2D eigenvalue weighted by molar-refractivity contribution is 7.78. The maximum Gasteiger partial charge on any atom is 0.162 e. The minimum atomic E-state index is 0.109. The van der Waals surface area contributed by atoms with Crippen molar-refractivity contribution in [3.05, 3.63) is 45.3 Å². The lowest BCUT2D eigenvalue weighted by atomic mass is 9.75. The number of rotatable bonds is 6. The SMILES string of the molecule is CCC(=O)c1ccc(CNS)c(-c2sc3c(c2C(C)=O)CC(C)(C)CC3)c1. The molecule has 0 spiro atoms. The quantitative estimate of drug-likeness (QED) is 0.485. The highest BCUT2D eigenvalue weighted by atomic mass is 32.1. The van der Waals surface area contributed by atoms with Crippen molar-refractivity contribution in [2.75, 3.05) is 0 Å². The largest absolute Gasteiger partial charge is 0.294 e. The van der Waals surface area contributed by atoms with Crippen molar-refractivity contribution in [1.82, 2.24) is 4.72 Å². The number of aryl methyl sites for hydroxylation is 1. The molecular weight excluding hydrogens is 374 g/mol. The van der Waals surface area contributed by atoms with Crippen LogP contribution in [0.25, 0.3) is 10.4 Å². The lowest BCUT2D eigenvalue weighted by molar-refractivity contribution is 0.0986. The molecule has 0 bridgehead atoms. The van der Waals surface area contributed by atoms with E-state index in [9.17, 15) is 9.59 Å². The third-order valence-corrected chi connectivity index (χ3v) is 6.88. The number of carbonyl (C=O) groups is 2. The first-order valence-electron chi connectivity index (χ1n) is 9.46. The van der Waals surface area contributed by atoms with Crippen LogP contribution in [0.2, 0.25) is 0 Å². The van der Waals surface area contributed by atoms with Crippen molar-refractivity contribution in [3.8, 4) is 10.4 Å². The Morgan fingerprint density at radius 2 is 2.04 bits per heavy atom. The fourth-order valence-electron chi connectivity index (χ4n) is 3.89. The number of hydrogen-bond acceptors (Lipinski definition) is 5. The van der Waals surface area contributed by atoms with Crippen LogP contribution >= 0.6 is 24.2 Å². The Kier molecular flexibility index (Phi) is 5.94. The molecule has 1 heterocycles. The number of Topliss-reactive ketones (excluding diaryl/α,β-unsaturated/α-hetero) is 2. The van der Waals surface area contributed by atoms with Crippen molar-refractivity contribution in [2.45, 2.75) is 59.9 Å². The van der Waals surface area contributed by atoms with Crippen molar-refractivity contribution in [3.63, 3.8) is 0 Å². The van der Waals surface area contributed by atoms with Gasteiger partial charge in [0.15, 0.2) is 11.6 Å². The molecule has 1 aliphatic rings. The fourth-order valence-corrected chi connectivity index (χ4v) is 5.47. The molecule has 3 rings (SSSR count). The molecule has 0 amide bonds. The maximum atomic E-state index is 12.6. The van der Waals surface area contributed by atoms with Gasteiger partial charge < -0.3 is 0 Å². The molecule has 0 fully saturated rings. The van der Waals surface area contributed by atoms with Gasteiger partial charge in [-0.25, -0.2) is 0 Å². The van der Waals surface area contributed by atoms with E-state index in [-0.39, 0.29) is 17.0 Å². The topological polar surface area (TPSA) is 46.2 Å². The van der Waals surface area contributed by atoms with Crippen LogP contribution in [0.5, 0.6) is 0 Å². The molecule has 1 aliphatic carbocycles. The van der Waals surface area contributed by atoms with Crippen LogP contribution in [0, 0.1) is 5.41 Å². The molecule has 1 aromatic carbocycles. The Hall–Kier alpha value is -1.43. The summed E-state index contributed by atoms with van der Waals surface area (Å²) in [4.78, 5) is 27.2. The average molecular weight is 402 g/mol. The highest BCUT2D eigenvalue weighted by Crippen LogP contribution is 2.46. The number of carbonyl (C=O) groups excluding carboxylic acids is 2. The summed E-state index contributed by atoms with van der Waals surface area (Å²) in [6.07, 6.45) is 3.55. The first-order chi connectivity index (χ1) is 12.8. The monoisotopic (exact) mass is 401 g/mol. The Bertz CT molecular complexity index is 896. The second-order valence-electron chi connectivity index (χ2n) is 8.09. The van der Waals surface area contributed by atoms with E-state index in [1.54, 1.807) is 18.3 Å². The van der Waals surface area contributed by atoms with E-state index >= 15 is 0 Å². The standard InChI is InChI=1S/C22H27NO2S2/c1-5-18(25)14-6-7-15(12-23-26)16(10-14)21-20(13(2)24)17-11-22(3,4)9-8-19(17)27-21/h6-7,10,23,26H,5,8-9,11-12H2,1-4H3. The van der Waals surface area contributed by atoms with Gasteiger partial charge in [-0.2, -0.15) is 0 Å². The van der Waals surface area contributed by atoms with E-state index in [1.165, 1.54) is 10.4 Å². The second kappa shape index (κ2) is 7.90. The molecular formula is C22H27NO2S2. The summed E-state index contributed by atoms with van der Waals surface area (Å²) >= 11 is 5.88. The van der Waals surface area contributed by atoms with Gasteiger partial charge in [0.25, 0.3) is 0 Å². The lowest BCUT2D eigenvalue weighted by Crippen LogP contribution is -2.22. The number of thiol groups is 1. The summed E-state index contributed by atoms with van der Waals surface area (Å²) in [6, 6.07) is 5.81. The fraction of sp³-hybridized carbons (Fsp3) is 0.455. The van der Waals surface area contributed by atoms with Crippen LogP contribution in [0.4, 0.5) is 0 Å². The van der Waals surface area contributed by atoms with Gasteiger partial charge in [0.1, 0.15) is 0 Å². The number of hydrogen-bond donors (Lipinski definition) is 2. The summed E-state index contributed by atoms with van der Waals surface area (Å²) < 4.78 is 2.91. The van der Waals surface area contributed by atoms with Crippen molar-refractivity contribution in [2.24, 2.45) is 5.41 Å². The van der Waals surface area contributed by atoms with Crippen LogP contribution in [0.1, 0.15) is 77.3 Å². The summed E-state index contributed by atoms with van der Waals surface area (Å²) in [5, 5.41) is 0. The molecule has 0 aliphatic heterocycles. The summed E-state index contributed by atoms with van der Waals surface area (Å²) in [7, 11) is 0. The zero-order valence-corrected chi connectivity index (χ0v) is 18.2. The Morgan fingerprint density at radius 3 is 2.67 bits per heavy atom. The van der Waals surface area contributed by atoms with Gasteiger partial charge in [-0.05, 0) is 54.4 Å². The Balaban J connectivity index is 2.23. The Labute approximate surface area is 171 Å².